The minimum Gasteiger partial charge on any atom is -0.322 e. The summed E-state index contributed by atoms with van der Waals surface area (Å²) in [5.74, 6) is -2.32. The molecule has 0 fully saturated rings. The standard InChI is InChI=1S/C20H23F2N5O2/c1-11(2)17-13-9-23-27(20(3,4)5)18(13)19(29)26(25-17)10-16(28)24-15-7-6-12(21)8-14(15)22/h6-9,11H,10H2,1-5H3,(H,24,28). The number of benzene rings is 1. The first-order valence-electron chi connectivity index (χ1n) is 9.23. The molecule has 0 atom stereocenters. The van der Waals surface area contributed by atoms with Gasteiger partial charge in [-0.3, -0.25) is 14.3 Å². The molecule has 0 aliphatic carbocycles. The van der Waals surface area contributed by atoms with E-state index in [4.69, 9.17) is 0 Å². The van der Waals surface area contributed by atoms with Crippen LogP contribution in [0.1, 0.15) is 46.2 Å². The van der Waals surface area contributed by atoms with Gasteiger partial charge < -0.3 is 5.32 Å². The van der Waals surface area contributed by atoms with E-state index in [1.54, 1.807) is 10.9 Å². The third-order valence-electron chi connectivity index (χ3n) is 4.39. The number of halogens is 2. The monoisotopic (exact) mass is 403 g/mol. The van der Waals surface area contributed by atoms with Crippen LogP contribution in [0.15, 0.2) is 29.2 Å². The predicted molar refractivity (Wildman–Crippen MR) is 106 cm³/mol. The van der Waals surface area contributed by atoms with E-state index in [-0.39, 0.29) is 11.6 Å². The van der Waals surface area contributed by atoms with Crippen LogP contribution in [0.2, 0.25) is 0 Å². The van der Waals surface area contributed by atoms with E-state index in [0.717, 1.165) is 16.8 Å². The van der Waals surface area contributed by atoms with Gasteiger partial charge in [0.25, 0.3) is 5.56 Å². The molecule has 1 N–H and O–H groups in total. The van der Waals surface area contributed by atoms with Gasteiger partial charge >= 0.3 is 0 Å². The van der Waals surface area contributed by atoms with Crippen molar-refractivity contribution in [1.82, 2.24) is 19.6 Å². The lowest BCUT2D eigenvalue weighted by atomic mass is 10.1. The Morgan fingerprint density at radius 2 is 1.93 bits per heavy atom. The van der Waals surface area contributed by atoms with E-state index in [2.05, 4.69) is 15.5 Å². The molecule has 0 spiro atoms. The second kappa shape index (κ2) is 7.38. The number of amides is 1. The fourth-order valence-corrected chi connectivity index (χ4v) is 3.05. The zero-order valence-electron chi connectivity index (χ0n) is 17.0. The molecular weight excluding hydrogens is 380 g/mol. The Balaban J connectivity index is 2.03. The molecule has 0 unspecified atom stereocenters. The fourth-order valence-electron chi connectivity index (χ4n) is 3.05. The molecule has 0 aliphatic rings. The lowest BCUT2D eigenvalue weighted by Gasteiger charge is -2.21. The average molecular weight is 403 g/mol. The first kappa shape index (κ1) is 20.6. The van der Waals surface area contributed by atoms with Gasteiger partial charge in [-0.25, -0.2) is 13.5 Å². The highest BCUT2D eigenvalue weighted by Crippen LogP contribution is 2.24. The van der Waals surface area contributed by atoms with Crippen LogP contribution in [0.3, 0.4) is 0 Å². The maximum Gasteiger partial charge on any atom is 0.293 e. The summed E-state index contributed by atoms with van der Waals surface area (Å²) in [4.78, 5) is 25.5. The smallest absolute Gasteiger partial charge is 0.293 e. The topological polar surface area (TPSA) is 81.8 Å². The molecule has 0 bridgehead atoms. The quantitative estimate of drug-likeness (QED) is 0.724. The zero-order chi connectivity index (χ0) is 21.5. The molecular formula is C20H23F2N5O2. The van der Waals surface area contributed by atoms with Crippen molar-refractivity contribution < 1.29 is 13.6 Å². The number of hydrogen-bond donors (Lipinski definition) is 1. The molecule has 1 aromatic carbocycles. The second-order valence-corrected chi connectivity index (χ2v) is 8.16. The van der Waals surface area contributed by atoms with E-state index >= 15 is 0 Å². The van der Waals surface area contributed by atoms with Crippen LogP contribution in [0.5, 0.6) is 0 Å². The molecule has 3 rings (SSSR count). The van der Waals surface area contributed by atoms with Crippen molar-refractivity contribution in [1.29, 1.82) is 0 Å². The minimum absolute atomic E-state index is 0.0143. The summed E-state index contributed by atoms with van der Waals surface area (Å²) in [6, 6.07) is 2.83. The van der Waals surface area contributed by atoms with Crippen molar-refractivity contribution in [2.24, 2.45) is 0 Å². The van der Waals surface area contributed by atoms with Gasteiger partial charge in [0.05, 0.1) is 23.1 Å². The largest absolute Gasteiger partial charge is 0.322 e. The first-order valence-corrected chi connectivity index (χ1v) is 9.23. The summed E-state index contributed by atoms with van der Waals surface area (Å²) in [6.07, 6.45) is 1.61. The molecule has 1 amide bonds. The highest BCUT2D eigenvalue weighted by atomic mass is 19.1. The van der Waals surface area contributed by atoms with Gasteiger partial charge in [-0.1, -0.05) is 13.8 Å². The fraction of sp³-hybridized carbons (Fsp3) is 0.400. The van der Waals surface area contributed by atoms with E-state index in [1.165, 1.54) is 0 Å². The lowest BCUT2D eigenvalue weighted by Crippen LogP contribution is -2.34. The Kier molecular flexibility index (Phi) is 5.25. The molecule has 154 valence electrons. The zero-order valence-corrected chi connectivity index (χ0v) is 17.0. The van der Waals surface area contributed by atoms with E-state index in [1.807, 2.05) is 34.6 Å². The molecule has 0 saturated carbocycles. The van der Waals surface area contributed by atoms with Crippen LogP contribution in [0.25, 0.3) is 10.9 Å². The van der Waals surface area contributed by atoms with Crippen molar-refractivity contribution in [2.45, 2.75) is 52.6 Å². The van der Waals surface area contributed by atoms with Gasteiger partial charge in [-0.05, 0) is 38.8 Å². The number of hydrogen-bond acceptors (Lipinski definition) is 4. The van der Waals surface area contributed by atoms with Gasteiger partial charge in [0.2, 0.25) is 5.91 Å². The van der Waals surface area contributed by atoms with Gasteiger partial charge in [-0.15, -0.1) is 0 Å². The molecule has 2 heterocycles. The van der Waals surface area contributed by atoms with Crippen molar-refractivity contribution in [2.75, 3.05) is 5.32 Å². The third-order valence-corrected chi connectivity index (χ3v) is 4.39. The van der Waals surface area contributed by atoms with Crippen molar-refractivity contribution in [3.63, 3.8) is 0 Å². The molecule has 9 heteroatoms. The summed E-state index contributed by atoms with van der Waals surface area (Å²) < 4.78 is 29.5. The third kappa shape index (κ3) is 4.03. The summed E-state index contributed by atoms with van der Waals surface area (Å²) >= 11 is 0. The first-order chi connectivity index (χ1) is 13.5. The SMILES string of the molecule is CC(C)c1nn(CC(=O)Nc2ccc(F)cc2F)c(=O)c2c1cnn2C(C)(C)C. The van der Waals surface area contributed by atoms with Crippen LogP contribution in [0, 0.1) is 11.6 Å². The number of carbonyl (C=O) groups excluding carboxylic acids is 1. The van der Waals surface area contributed by atoms with Crippen LogP contribution < -0.4 is 10.9 Å². The molecule has 0 aliphatic heterocycles. The van der Waals surface area contributed by atoms with Crippen LogP contribution in [-0.4, -0.2) is 25.5 Å². The van der Waals surface area contributed by atoms with E-state index < -0.39 is 35.2 Å². The number of fused-ring (bicyclic) bond motifs is 1. The van der Waals surface area contributed by atoms with Gasteiger partial charge in [0, 0.05) is 11.5 Å². The Bertz CT molecular complexity index is 1140. The van der Waals surface area contributed by atoms with Crippen molar-refractivity contribution in [3.05, 3.63) is 52.1 Å². The number of aromatic nitrogens is 4. The minimum atomic E-state index is -0.900. The summed E-state index contributed by atoms with van der Waals surface area (Å²) in [6.45, 7) is 9.20. The van der Waals surface area contributed by atoms with Gasteiger partial charge in [0.1, 0.15) is 23.7 Å². The molecule has 2 aromatic heterocycles. The summed E-state index contributed by atoms with van der Waals surface area (Å²) in [5, 5.41) is 11.7. The number of anilines is 1. The number of rotatable bonds is 4. The van der Waals surface area contributed by atoms with Crippen molar-refractivity contribution >= 4 is 22.5 Å². The summed E-state index contributed by atoms with van der Waals surface area (Å²) in [5.41, 5.74) is -0.0953. The lowest BCUT2D eigenvalue weighted by molar-refractivity contribution is -0.117. The molecule has 0 saturated heterocycles. The van der Waals surface area contributed by atoms with Gasteiger partial charge in [-0.2, -0.15) is 10.2 Å². The maximum atomic E-state index is 13.8. The van der Waals surface area contributed by atoms with E-state index in [0.29, 0.717) is 22.7 Å². The number of nitrogens with one attached hydrogen (secondary N) is 1. The van der Waals surface area contributed by atoms with Crippen molar-refractivity contribution in [3.8, 4) is 0 Å². The maximum absolute atomic E-state index is 13.8. The van der Waals surface area contributed by atoms with Crippen LogP contribution >= 0.6 is 0 Å². The number of carbonyl (C=O) groups is 1. The van der Waals surface area contributed by atoms with E-state index in [9.17, 15) is 18.4 Å². The molecule has 7 nitrogen and oxygen atoms in total. The highest BCUT2D eigenvalue weighted by Gasteiger charge is 2.24. The second-order valence-electron chi connectivity index (χ2n) is 8.16. The Labute approximate surface area is 166 Å². The Morgan fingerprint density at radius 3 is 2.52 bits per heavy atom. The highest BCUT2D eigenvalue weighted by molar-refractivity contribution is 5.91. The Morgan fingerprint density at radius 1 is 1.24 bits per heavy atom. The molecule has 0 radical (unpaired) electrons. The predicted octanol–water partition coefficient (Wildman–Crippen LogP) is 3.39. The Hall–Kier alpha value is -3.10. The van der Waals surface area contributed by atoms with Gasteiger partial charge in [0.15, 0.2) is 0 Å². The average Bonchev–Trinajstić information content (AvgIpc) is 3.05. The van der Waals surface area contributed by atoms with Crippen LogP contribution in [-0.2, 0) is 16.9 Å². The molecule has 3 aromatic rings. The molecule has 29 heavy (non-hydrogen) atoms. The normalized spacial score (nSPS) is 12.0. The van der Waals surface area contributed by atoms with Crippen LogP contribution in [0.4, 0.5) is 14.5 Å². The summed E-state index contributed by atoms with van der Waals surface area (Å²) in [7, 11) is 0. The number of nitrogens with zero attached hydrogens (tertiary/aromatic N) is 4.